The Bertz CT molecular complexity index is 851. The Balaban J connectivity index is 0.00000196. The minimum Gasteiger partial charge on any atom is -0.334 e. The van der Waals surface area contributed by atoms with Crippen molar-refractivity contribution in [2.24, 2.45) is 5.92 Å². The average Bonchev–Trinajstić information content (AvgIpc) is 2.90. The highest BCUT2D eigenvalue weighted by Gasteiger charge is 2.33. The van der Waals surface area contributed by atoms with E-state index in [1.165, 1.54) is 17.5 Å². The maximum absolute atomic E-state index is 13.0. The Morgan fingerprint density at radius 1 is 1.15 bits per heavy atom. The summed E-state index contributed by atoms with van der Waals surface area (Å²) in [6, 6.07) is 7.41. The van der Waals surface area contributed by atoms with Gasteiger partial charge in [0.25, 0.3) is 0 Å². The molecule has 2 aliphatic rings. The number of benzene rings is 1. The molecular weight excluding hydrogens is 328 g/mol. The number of imidazole rings is 1. The lowest BCUT2D eigenvalue weighted by Crippen LogP contribution is -2.54. The minimum absolute atomic E-state index is 0. The minimum atomic E-state index is -0.287. The standard InChI is InChI=1S/C19H26N4O2.CH2/c1-13(2)22-16-7-3-4-8-17(16)23(19(22)25)18(24)20-15-9-11-21-10-5-6-14(15)12-21;/h3-4,7-8,13-15H,5-6,9-12H2,1-2H3,(H,20,24);1H2. The smallest absolute Gasteiger partial charge is 0.334 e. The van der Waals surface area contributed by atoms with Crippen molar-refractivity contribution in [3.63, 3.8) is 0 Å². The monoisotopic (exact) mass is 356 g/mol. The van der Waals surface area contributed by atoms with Crippen LogP contribution in [-0.2, 0) is 0 Å². The number of carbonyl (C=O) groups is 1. The van der Waals surface area contributed by atoms with Crippen molar-refractivity contribution >= 4 is 17.1 Å². The molecule has 6 heteroatoms. The van der Waals surface area contributed by atoms with Gasteiger partial charge in [-0.3, -0.25) is 4.57 Å². The van der Waals surface area contributed by atoms with Crippen LogP contribution >= 0.6 is 0 Å². The Kier molecular flexibility index (Phi) is 5.23. The van der Waals surface area contributed by atoms with Crippen molar-refractivity contribution in [3.8, 4) is 0 Å². The molecule has 1 aromatic carbocycles. The first-order valence-corrected chi connectivity index (χ1v) is 9.31. The van der Waals surface area contributed by atoms with E-state index >= 15 is 0 Å². The summed E-state index contributed by atoms with van der Waals surface area (Å²) >= 11 is 0. The third-order valence-electron chi connectivity index (χ3n) is 5.68. The second kappa shape index (κ2) is 7.27. The zero-order valence-corrected chi connectivity index (χ0v) is 15.6. The van der Waals surface area contributed by atoms with Gasteiger partial charge in [0.1, 0.15) is 0 Å². The van der Waals surface area contributed by atoms with E-state index in [0.29, 0.717) is 11.4 Å². The van der Waals surface area contributed by atoms with E-state index in [0.717, 1.165) is 31.4 Å². The molecule has 2 aromatic rings. The average molecular weight is 356 g/mol. The highest BCUT2D eigenvalue weighted by Crippen LogP contribution is 2.26. The van der Waals surface area contributed by atoms with Gasteiger partial charge in [-0.1, -0.05) is 19.6 Å². The third kappa shape index (κ3) is 3.07. The van der Waals surface area contributed by atoms with Crippen LogP contribution in [0.2, 0.25) is 0 Å². The predicted octanol–water partition coefficient (Wildman–Crippen LogP) is 2.75. The van der Waals surface area contributed by atoms with Crippen molar-refractivity contribution in [3.05, 3.63) is 42.2 Å². The van der Waals surface area contributed by atoms with Crippen molar-refractivity contribution < 1.29 is 4.79 Å². The zero-order valence-electron chi connectivity index (χ0n) is 15.6. The molecular formula is C20H28N4O2. The number of nitrogens with one attached hydrogen (secondary N) is 1. The lowest BCUT2D eigenvalue weighted by molar-refractivity contribution is 0.0952. The summed E-state index contributed by atoms with van der Waals surface area (Å²) in [5, 5.41) is 3.16. The van der Waals surface area contributed by atoms with Crippen molar-refractivity contribution in [1.82, 2.24) is 19.4 Å². The van der Waals surface area contributed by atoms with Gasteiger partial charge in [0, 0.05) is 25.2 Å². The number of hydrogen-bond donors (Lipinski definition) is 1. The lowest BCUT2D eigenvalue weighted by atomic mass is 9.85. The molecule has 26 heavy (non-hydrogen) atoms. The van der Waals surface area contributed by atoms with Crippen LogP contribution < -0.4 is 11.0 Å². The highest BCUT2D eigenvalue weighted by molar-refractivity contribution is 5.89. The van der Waals surface area contributed by atoms with Crippen molar-refractivity contribution in [2.75, 3.05) is 19.6 Å². The van der Waals surface area contributed by atoms with Gasteiger partial charge in [0.2, 0.25) is 0 Å². The van der Waals surface area contributed by atoms with Gasteiger partial charge in [0.15, 0.2) is 0 Å². The van der Waals surface area contributed by atoms with E-state index in [1.807, 2.05) is 38.1 Å². The molecule has 3 heterocycles. The van der Waals surface area contributed by atoms with Gasteiger partial charge < -0.3 is 10.2 Å². The molecule has 1 amide bonds. The second-order valence-electron chi connectivity index (χ2n) is 7.62. The summed E-state index contributed by atoms with van der Waals surface area (Å²) < 4.78 is 3.00. The summed E-state index contributed by atoms with van der Waals surface area (Å²) in [5.74, 6) is 0.501. The van der Waals surface area contributed by atoms with Crippen LogP contribution in [0, 0.1) is 13.3 Å². The number of para-hydroxylation sites is 2. The van der Waals surface area contributed by atoms with Crippen LogP contribution in [0.4, 0.5) is 4.79 Å². The molecule has 2 bridgehead atoms. The van der Waals surface area contributed by atoms with Gasteiger partial charge in [0.05, 0.1) is 11.0 Å². The number of amides is 1. The Morgan fingerprint density at radius 2 is 1.88 bits per heavy atom. The van der Waals surface area contributed by atoms with E-state index in [2.05, 4.69) is 10.2 Å². The van der Waals surface area contributed by atoms with Gasteiger partial charge in [-0.15, -0.1) is 0 Å². The molecule has 0 aliphatic carbocycles. The SMILES string of the molecule is CC(C)n1c(=O)n(C(=O)NC2CCN3CCCC2C3)c2ccccc21.[CH2]. The molecule has 2 fully saturated rings. The summed E-state index contributed by atoms with van der Waals surface area (Å²) in [4.78, 5) is 28.3. The quantitative estimate of drug-likeness (QED) is 0.900. The van der Waals surface area contributed by atoms with E-state index in [-0.39, 0.29) is 31.2 Å². The zero-order chi connectivity index (χ0) is 17.6. The molecule has 3 atom stereocenters. The Labute approximate surface area is 154 Å². The number of nitrogens with zero attached hydrogens (tertiary/aromatic N) is 3. The molecule has 6 nitrogen and oxygen atoms in total. The topological polar surface area (TPSA) is 59.3 Å². The molecule has 0 saturated carbocycles. The normalized spacial score (nSPS) is 25.1. The fourth-order valence-electron chi connectivity index (χ4n) is 4.46. The van der Waals surface area contributed by atoms with E-state index < -0.39 is 0 Å². The Morgan fingerprint density at radius 3 is 2.62 bits per heavy atom. The fourth-order valence-corrected chi connectivity index (χ4v) is 4.46. The molecule has 4 rings (SSSR count). The van der Waals surface area contributed by atoms with Gasteiger partial charge in [-0.2, -0.15) is 0 Å². The summed E-state index contributed by atoms with van der Waals surface area (Å²) in [5.41, 5.74) is 1.24. The van der Waals surface area contributed by atoms with Gasteiger partial charge >= 0.3 is 11.7 Å². The second-order valence-corrected chi connectivity index (χ2v) is 7.62. The van der Waals surface area contributed by atoms with Gasteiger partial charge in [-0.25, -0.2) is 14.2 Å². The van der Waals surface area contributed by atoms with E-state index in [4.69, 9.17) is 0 Å². The van der Waals surface area contributed by atoms with Crippen LogP contribution in [0.5, 0.6) is 0 Å². The van der Waals surface area contributed by atoms with Crippen LogP contribution in [0.3, 0.4) is 0 Å². The number of carbonyl (C=O) groups excluding carboxylic acids is 1. The first-order valence-electron chi connectivity index (χ1n) is 9.31. The van der Waals surface area contributed by atoms with Crippen LogP contribution in [0.1, 0.15) is 39.2 Å². The maximum Gasteiger partial charge on any atom is 0.337 e. The number of piperidine rings is 2. The predicted molar refractivity (Wildman–Crippen MR) is 103 cm³/mol. The maximum atomic E-state index is 13.0. The molecule has 1 N–H and O–H groups in total. The lowest BCUT2D eigenvalue weighted by Gasteiger charge is -2.42. The molecule has 3 unspecified atom stereocenters. The number of rotatable bonds is 2. The largest absolute Gasteiger partial charge is 0.337 e. The summed E-state index contributed by atoms with van der Waals surface area (Å²) in [6.07, 6.45) is 3.32. The molecule has 2 saturated heterocycles. The highest BCUT2D eigenvalue weighted by atomic mass is 16.2. The molecule has 2 radical (unpaired) electrons. The summed E-state index contributed by atoms with van der Waals surface area (Å²) in [7, 11) is 0. The van der Waals surface area contributed by atoms with Crippen LogP contribution in [0.25, 0.3) is 11.0 Å². The van der Waals surface area contributed by atoms with Gasteiger partial charge in [-0.05, 0) is 57.7 Å². The van der Waals surface area contributed by atoms with E-state index in [9.17, 15) is 9.59 Å². The molecule has 2 aliphatic heterocycles. The van der Waals surface area contributed by atoms with Crippen LogP contribution in [-0.4, -0.2) is 45.7 Å². The van der Waals surface area contributed by atoms with Crippen molar-refractivity contribution in [1.29, 1.82) is 0 Å². The first-order chi connectivity index (χ1) is 12.1. The van der Waals surface area contributed by atoms with E-state index in [1.54, 1.807) is 4.57 Å². The fraction of sp³-hybridized carbons (Fsp3) is 0.550. The molecule has 1 aromatic heterocycles. The Hall–Kier alpha value is -2.08. The number of fused-ring (bicyclic) bond motifs is 3. The molecule has 140 valence electrons. The van der Waals surface area contributed by atoms with Crippen molar-refractivity contribution in [2.45, 2.75) is 45.2 Å². The third-order valence-corrected chi connectivity index (χ3v) is 5.68. The van der Waals surface area contributed by atoms with Crippen LogP contribution in [0.15, 0.2) is 29.1 Å². The number of hydrogen-bond acceptors (Lipinski definition) is 3. The summed E-state index contributed by atoms with van der Waals surface area (Å²) in [6.45, 7) is 7.21. The first kappa shape index (κ1) is 18.7. The molecule has 0 spiro atoms. The number of aromatic nitrogens is 2.